The minimum absolute atomic E-state index is 0.0746. The Morgan fingerprint density at radius 1 is 1.43 bits per heavy atom. The lowest BCUT2D eigenvalue weighted by Gasteiger charge is -2.13. The summed E-state index contributed by atoms with van der Waals surface area (Å²) < 4.78 is 40.8. The van der Waals surface area contributed by atoms with Crippen molar-refractivity contribution >= 4 is 21.6 Å². The van der Waals surface area contributed by atoms with E-state index in [0.717, 1.165) is 4.31 Å². The highest BCUT2D eigenvalue weighted by Crippen LogP contribution is 2.27. The Morgan fingerprint density at radius 3 is 2.64 bits per heavy atom. The van der Waals surface area contributed by atoms with Crippen LogP contribution >= 0.6 is 11.6 Å². The van der Waals surface area contributed by atoms with Gasteiger partial charge in [-0.05, 0) is 30.7 Å². The number of aliphatic hydroxyl groups excluding tert-OH is 1. The van der Waals surface area contributed by atoms with Gasteiger partial charge in [-0.1, -0.05) is 17.7 Å². The normalized spacial score (nSPS) is 12.8. The third-order valence-electron chi connectivity index (χ3n) is 4.33. The first-order valence-corrected chi connectivity index (χ1v) is 10.3. The zero-order valence-electron chi connectivity index (χ0n) is 16.0. The molecule has 154 valence electrons. The van der Waals surface area contributed by atoms with Crippen LogP contribution in [-0.4, -0.2) is 48.3 Å². The molecule has 10 heteroatoms. The summed E-state index contributed by atoms with van der Waals surface area (Å²) in [5, 5.41) is 14.4. The van der Waals surface area contributed by atoms with Crippen molar-refractivity contribution in [3.63, 3.8) is 0 Å². The zero-order chi connectivity index (χ0) is 21.1. The zero-order valence-corrected chi connectivity index (χ0v) is 17.6. The summed E-state index contributed by atoms with van der Waals surface area (Å²) in [5.41, 5.74) is 7.81. The van der Waals surface area contributed by atoms with E-state index in [0.29, 0.717) is 28.9 Å². The lowest BCUT2D eigenvalue weighted by molar-refractivity contribution is 0.266. The molecule has 0 atom stereocenters. The van der Waals surface area contributed by atoms with E-state index in [1.54, 1.807) is 13.0 Å². The van der Waals surface area contributed by atoms with Crippen LogP contribution in [0.3, 0.4) is 0 Å². The summed E-state index contributed by atoms with van der Waals surface area (Å²) in [5.74, 6) is -0.442. The topological polar surface area (TPSA) is 101 Å². The molecule has 0 saturated carbocycles. The fourth-order valence-electron chi connectivity index (χ4n) is 2.77. The molecule has 28 heavy (non-hydrogen) atoms. The van der Waals surface area contributed by atoms with Crippen LogP contribution < -0.4 is 5.73 Å². The van der Waals surface area contributed by atoms with Gasteiger partial charge in [0.05, 0.1) is 29.4 Å². The molecular formula is C18H24ClFN4O3S. The summed E-state index contributed by atoms with van der Waals surface area (Å²) in [4.78, 5) is 0.0926. The second-order valence-electron chi connectivity index (χ2n) is 6.43. The van der Waals surface area contributed by atoms with Gasteiger partial charge in [-0.15, -0.1) is 0 Å². The molecule has 0 aliphatic heterocycles. The molecule has 0 fully saturated rings. The minimum atomic E-state index is -3.59. The number of hydrogen-bond donors (Lipinski definition) is 2. The number of aromatic nitrogens is 2. The quantitative estimate of drug-likeness (QED) is 0.666. The number of nitrogens with zero attached hydrogens (tertiary/aromatic N) is 3. The molecule has 0 saturated heterocycles. The highest BCUT2D eigenvalue weighted by Gasteiger charge is 2.20. The maximum absolute atomic E-state index is 13.8. The van der Waals surface area contributed by atoms with E-state index in [1.165, 1.54) is 37.0 Å². The van der Waals surface area contributed by atoms with Gasteiger partial charge in [-0.25, -0.2) is 17.1 Å². The smallest absolute Gasteiger partial charge is 0.242 e. The van der Waals surface area contributed by atoms with Crippen molar-refractivity contribution in [1.29, 1.82) is 0 Å². The van der Waals surface area contributed by atoms with Crippen LogP contribution in [0.4, 0.5) is 4.39 Å². The number of benzene rings is 1. The van der Waals surface area contributed by atoms with E-state index in [4.69, 9.17) is 17.3 Å². The molecule has 1 aromatic heterocycles. The molecule has 0 amide bonds. The van der Waals surface area contributed by atoms with Crippen LogP contribution in [-0.2, 0) is 29.6 Å². The van der Waals surface area contributed by atoms with E-state index in [2.05, 4.69) is 5.10 Å². The second kappa shape index (κ2) is 9.15. The third kappa shape index (κ3) is 4.79. The van der Waals surface area contributed by atoms with Crippen molar-refractivity contribution < 1.29 is 17.9 Å². The van der Waals surface area contributed by atoms with Crippen LogP contribution in [0.2, 0.25) is 5.02 Å². The molecule has 0 aliphatic rings. The summed E-state index contributed by atoms with van der Waals surface area (Å²) in [7, 11) is -0.700. The van der Waals surface area contributed by atoms with Gasteiger partial charge in [0, 0.05) is 37.6 Å². The number of halogens is 2. The lowest BCUT2D eigenvalue weighted by atomic mass is 10.0. The van der Waals surface area contributed by atoms with Gasteiger partial charge in [0.2, 0.25) is 10.0 Å². The van der Waals surface area contributed by atoms with Gasteiger partial charge in [0.15, 0.2) is 0 Å². The minimum Gasteiger partial charge on any atom is -0.390 e. The van der Waals surface area contributed by atoms with Gasteiger partial charge in [-0.3, -0.25) is 4.68 Å². The predicted octanol–water partition coefficient (Wildman–Crippen LogP) is 1.99. The highest BCUT2D eigenvalue weighted by atomic mass is 35.5. The Morgan fingerprint density at radius 2 is 2.11 bits per heavy atom. The van der Waals surface area contributed by atoms with Crippen molar-refractivity contribution in [1.82, 2.24) is 14.1 Å². The maximum Gasteiger partial charge on any atom is 0.242 e. The van der Waals surface area contributed by atoms with E-state index in [-0.39, 0.29) is 29.6 Å². The molecule has 3 N–H and O–H groups in total. The van der Waals surface area contributed by atoms with Gasteiger partial charge in [-0.2, -0.15) is 5.10 Å². The molecule has 1 heterocycles. The number of aryl methyl sites for hydroxylation is 1. The molecule has 0 spiro atoms. The van der Waals surface area contributed by atoms with Gasteiger partial charge in [0.1, 0.15) is 5.83 Å². The largest absolute Gasteiger partial charge is 0.390 e. The molecule has 0 aliphatic carbocycles. The van der Waals surface area contributed by atoms with Gasteiger partial charge >= 0.3 is 0 Å². The molecule has 2 rings (SSSR count). The number of sulfonamides is 1. The highest BCUT2D eigenvalue weighted by molar-refractivity contribution is 7.89. The molecular weight excluding hydrogens is 407 g/mol. The van der Waals surface area contributed by atoms with Crippen LogP contribution in [0.5, 0.6) is 0 Å². The SMILES string of the molecule is Cc1nn(CC(F)=CCN)c(CO)c1Cc1ccc(S(=O)(=O)N(C)C)cc1Cl. The first-order chi connectivity index (χ1) is 13.1. The Hall–Kier alpha value is -1.78. The number of rotatable bonds is 8. The molecule has 0 radical (unpaired) electrons. The number of allylic oxidation sites excluding steroid dienone is 1. The van der Waals surface area contributed by atoms with E-state index in [9.17, 15) is 17.9 Å². The average Bonchev–Trinajstić information content (AvgIpc) is 2.90. The average molecular weight is 431 g/mol. The third-order valence-corrected chi connectivity index (χ3v) is 6.49. The van der Waals surface area contributed by atoms with Crippen molar-refractivity contribution in [3.05, 3.63) is 57.6 Å². The number of hydrogen-bond acceptors (Lipinski definition) is 5. The second-order valence-corrected chi connectivity index (χ2v) is 8.99. The lowest BCUT2D eigenvalue weighted by Crippen LogP contribution is -2.22. The summed E-state index contributed by atoms with van der Waals surface area (Å²) in [6, 6.07) is 4.51. The Balaban J connectivity index is 2.38. The Labute approximate surface area is 169 Å². The van der Waals surface area contributed by atoms with Crippen LogP contribution in [0, 0.1) is 6.92 Å². The number of nitrogens with two attached hydrogens (primary N) is 1. The van der Waals surface area contributed by atoms with Crippen molar-refractivity contribution in [2.24, 2.45) is 5.73 Å². The van der Waals surface area contributed by atoms with E-state index >= 15 is 0 Å². The number of aliphatic hydroxyl groups is 1. The van der Waals surface area contributed by atoms with Gasteiger partial charge in [0.25, 0.3) is 0 Å². The standard InChI is InChI=1S/C18H24ClFN4O3S/c1-12-16(18(11-25)24(22-12)10-14(20)6-7-21)8-13-4-5-15(9-17(13)19)28(26,27)23(2)3/h4-6,9,25H,7-8,10-11,21H2,1-3H3. The van der Waals surface area contributed by atoms with Crippen molar-refractivity contribution in [2.75, 3.05) is 20.6 Å². The van der Waals surface area contributed by atoms with Crippen molar-refractivity contribution in [2.45, 2.75) is 31.4 Å². The van der Waals surface area contributed by atoms with Gasteiger partial charge < -0.3 is 10.8 Å². The van der Waals surface area contributed by atoms with E-state index in [1.807, 2.05) is 0 Å². The van der Waals surface area contributed by atoms with Crippen LogP contribution in [0.25, 0.3) is 0 Å². The predicted molar refractivity (Wildman–Crippen MR) is 106 cm³/mol. The fraction of sp³-hybridized carbons (Fsp3) is 0.389. The maximum atomic E-state index is 13.8. The Bertz CT molecular complexity index is 987. The monoisotopic (exact) mass is 430 g/mol. The Kier molecular flexibility index (Phi) is 7.35. The first-order valence-electron chi connectivity index (χ1n) is 8.53. The fourth-order valence-corrected chi connectivity index (χ4v) is 4.01. The molecule has 1 aromatic carbocycles. The summed E-state index contributed by atoms with van der Waals surface area (Å²) in [6.07, 6.45) is 1.57. The molecule has 7 nitrogen and oxygen atoms in total. The van der Waals surface area contributed by atoms with E-state index < -0.39 is 15.9 Å². The summed E-state index contributed by atoms with van der Waals surface area (Å²) in [6.45, 7) is 1.39. The molecule has 0 unspecified atom stereocenters. The molecule has 0 bridgehead atoms. The van der Waals surface area contributed by atoms with Crippen molar-refractivity contribution in [3.8, 4) is 0 Å². The van der Waals surface area contributed by atoms with Crippen LogP contribution in [0.1, 0.15) is 22.5 Å². The first kappa shape index (κ1) is 22.5. The van der Waals surface area contributed by atoms with Crippen LogP contribution in [0.15, 0.2) is 35.0 Å². The summed E-state index contributed by atoms with van der Waals surface area (Å²) >= 11 is 6.31. The molecule has 2 aromatic rings.